The molecule has 1 spiro atoms. The van der Waals surface area contributed by atoms with Gasteiger partial charge in [0, 0.05) is 6.42 Å². The molecule has 2 rings (SSSR count). The normalized spacial score (nSPS) is 33.1. The Hall–Kier alpha value is -0.900. The van der Waals surface area contributed by atoms with Crippen molar-refractivity contribution in [3.8, 4) is 0 Å². The molecule has 2 fully saturated rings. The van der Waals surface area contributed by atoms with Crippen molar-refractivity contribution < 1.29 is 9.59 Å². The number of nitrogens with zero attached hydrogens (tertiary/aromatic N) is 1. The lowest BCUT2D eigenvalue weighted by molar-refractivity contribution is -0.129. The van der Waals surface area contributed by atoms with E-state index in [2.05, 4.69) is 17.1 Å². The predicted octanol–water partition coefficient (Wildman–Crippen LogP) is 0.525. The summed E-state index contributed by atoms with van der Waals surface area (Å²) >= 11 is 0. The maximum absolute atomic E-state index is 11.8. The number of rotatable bonds is 1. The van der Waals surface area contributed by atoms with Gasteiger partial charge in [-0.15, -0.1) is 0 Å². The molecule has 2 aliphatic heterocycles. The second-order valence-corrected chi connectivity index (χ2v) is 4.62. The van der Waals surface area contributed by atoms with Crippen LogP contribution in [0.4, 0.5) is 0 Å². The topological polar surface area (TPSA) is 49.4 Å². The second kappa shape index (κ2) is 3.93. The van der Waals surface area contributed by atoms with E-state index in [1.165, 1.54) is 0 Å². The SMILES string of the molecule is CCN1CCCC2(CC1)CC(=O)NC2=O. The summed E-state index contributed by atoms with van der Waals surface area (Å²) in [5.74, 6) is -0.129. The van der Waals surface area contributed by atoms with Gasteiger partial charge in [0.25, 0.3) is 0 Å². The lowest BCUT2D eigenvalue weighted by Crippen LogP contribution is -2.33. The third-order valence-corrected chi connectivity index (χ3v) is 3.72. The summed E-state index contributed by atoms with van der Waals surface area (Å²) in [5.41, 5.74) is -0.374. The van der Waals surface area contributed by atoms with Gasteiger partial charge in [-0.05, 0) is 38.9 Å². The number of carbonyl (C=O) groups excluding carboxylic acids is 2. The van der Waals surface area contributed by atoms with Crippen molar-refractivity contribution in [3.63, 3.8) is 0 Å². The van der Waals surface area contributed by atoms with Crippen molar-refractivity contribution in [2.75, 3.05) is 19.6 Å². The summed E-state index contributed by atoms with van der Waals surface area (Å²) in [6, 6.07) is 0. The predicted molar refractivity (Wildman–Crippen MR) is 56.2 cm³/mol. The van der Waals surface area contributed by atoms with Gasteiger partial charge in [-0.3, -0.25) is 14.9 Å². The van der Waals surface area contributed by atoms with Gasteiger partial charge in [0.05, 0.1) is 5.41 Å². The third kappa shape index (κ3) is 1.91. The summed E-state index contributed by atoms with van der Waals surface area (Å²) < 4.78 is 0. The van der Waals surface area contributed by atoms with Crippen LogP contribution in [-0.2, 0) is 9.59 Å². The van der Waals surface area contributed by atoms with Crippen molar-refractivity contribution in [1.29, 1.82) is 0 Å². The second-order valence-electron chi connectivity index (χ2n) is 4.62. The lowest BCUT2D eigenvalue weighted by atomic mass is 9.79. The quantitative estimate of drug-likeness (QED) is 0.642. The van der Waals surface area contributed by atoms with Gasteiger partial charge in [-0.2, -0.15) is 0 Å². The minimum Gasteiger partial charge on any atom is -0.304 e. The molecule has 0 aromatic carbocycles. The molecule has 1 atom stereocenters. The molecule has 0 radical (unpaired) electrons. The van der Waals surface area contributed by atoms with E-state index >= 15 is 0 Å². The summed E-state index contributed by atoms with van der Waals surface area (Å²) in [6.07, 6.45) is 3.12. The highest BCUT2D eigenvalue weighted by Crippen LogP contribution is 2.38. The van der Waals surface area contributed by atoms with Crippen molar-refractivity contribution >= 4 is 11.8 Å². The highest BCUT2D eigenvalue weighted by Gasteiger charge is 2.46. The Balaban J connectivity index is 2.09. The molecule has 15 heavy (non-hydrogen) atoms. The van der Waals surface area contributed by atoms with E-state index in [1.807, 2.05) is 0 Å². The van der Waals surface area contributed by atoms with E-state index in [4.69, 9.17) is 0 Å². The molecule has 1 N–H and O–H groups in total. The Morgan fingerprint density at radius 1 is 1.33 bits per heavy atom. The van der Waals surface area contributed by atoms with Gasteiger partial charge in [0.2, 0.25) is 11.8 Å². The highest BCUT2D eigenvalue weighted by molar-refractivity contribution is 6.05. The van der Waals surface area contributed by atoms with Gasteiger partial charge >= 0.3 is 0 Å². The van der Waals surface area contributed by atoms with Crippen LogP contribution in [0.5, 0.6) is 0 Å². The van der Waals surface area contributed by atoms with Crippen molar-refractivity contribution in [2.24, 2.45) is 5.41 Å². The van der Waals surface area contributed by atoms with E-state index in [-0.39, 0.29) is 17.2 Å². The molecule has 0 bridgehead atoms. The van der Waals surface area contributed by atoms with Crippen molar-refractivity contribution in [2.45, 2.75) is 32.6 Å². The molecule has 4 heteroatoms. The molecule has 2 heterocycles. The van der Waals surface area contributed by atoms with Crippen LogP contribution < -0.4 is 5.32 Å². The molecule has 2 saturated heterocycles. The van der Waals surface area contributed by atoms with Gasteiger partial charge in [0.15, 0.2) is 0 Å². The first kappa shape index (κ1) is 10.6. The first-order valence-corrected chi connectivity index (χ1v) is 5.73. The summed E-state index contributed by atoms with van der Waals surface area (Å²) in [7, 11) is 0. The molecule has 4 nitrogen and oxygen atoms in total. The summed E-state index contributed by atoms with van der Waals surface area (Å²) in [5, 5.41) is 2.44. The summed E-state index contributed by atoms with van der Waals surface area (Å²) in [6.45, 7) is 5.17. The van der Waals surface area contributed by atoms with Crippen molar-refractivity contribution in [3.05, 3.63) is 0 Å². The van der Waals surface area contributed by atoms with Crippen LogP contribution in [0.1, 0.15) is 32.6 Å². The largest absolute Gasteiger partial charge is 0.304 e. The molecule has 2 aliphatic rings. The average molecular weight is 210 g/mol. The Kier molecular flexibility index (Phi) is 2.78. The van der Waals surface area contributed by atoms with Gasteiger partial charge in [-0.1, -0.05) is 6.92 Å². The Morgan fingerprint density at radius 3 is 2.73 bits per heavy atom. The van der Waals surface area contributed by atoms with Gasteiger partial charge in [0.1, 0.15) is 0 Å². The van der Waals surface area contributed by atoms with Crippen LogP contribution in [0.3, 0.4) is 0 Å². The fraction of sp³-hybridized carbons (Fsp3) is 0.818. The molecule has 1 unspecified atom stereocenters. The van der Waals surface area contributed by atoms with Crippen LogP contribution in [0.2, 0.25) is 0 Å². The zero-order valence-electron chi connectivity index (χ0n) is 9.21. The van der Waals surface area contributed by atoms with E-state index in [9.17, 15) is 9.59 Å². The van der Waals surface area contributed by atoms with E-state index in [0.29, 0.717) is 6.42 Å². The molecule has 0 aliphatic carbocycles. The maximum Gasteiger partial charge on any atom is 0.233 e. The molecule has 0 saturated carbocycles. The Bertz CT molecular complexity index is 290. The Labute approximate surface area is 90.0 Å². The Morgan fingerprint density at radius 2 is 2.13 bits per heavy atom. The zero-order chi connectivity index (χ0) is 10.9. The monoisotopic (exact) mass is 210 g/mol. The van der Waals surface area contributed by atoms with Gasteiger partial charge in [-0.25, -0.2) is 0 Å². The number of carbonyl (C=O) groups is 2. The smallest absolute Gasteiger partial charge is 0.233 e. The number of likely N-dealkylation sites (tertiary alicyclic amines) is 1. The van der Waals surface area contributed by atoms with E-state index in [1.54, 1.807) is 0 Å². The maximum atomic E-state index is 11.8. The number of hydrogen-bond acceptors (Lipinski definition) is 3. The third-order valence-electron chi connectivity index (χ3n) is 3.72. The highest BCUT2D eigenvalue weighted by atomic mass is 16.2. The molecule has 2 amide bonds. The zero-order valence-corrected chi connectivity index (χ0v) is 9.21. The van der Waals surface area contributed by atoms with Crippen LogP contribution in [0, 0.1) is 5.41 Å². The summed E-state index contributed by atoms with van der Waals surface area (Å²) in [4.78, 5) is 25.4. The number of nitrogens with one attached hydrogen (secondary N) is 1. The molecular formula is C11H18N2O2. The van der Waals surface area contributed by atoms with E-state index < -0.39 is 0 Å². The van der Waals surface area contributed by atoms with Crippen LogP contribution in [-0.4, -0.2) is 36.3 Å². The van der Waals surface area contributed by atoms with Crippen LogP contribution in [0.15, 0.2) is 0 Å². The lowest BCUT2D eigenvalue weighted by Gasteiger charge is -2.23. The first-order valence-electron chi connectivity index (χ1n) is 5.73. The minimum atomic E-state index is -0.374. The molecular weight excluding hydrogens is 192 g/mol. The van der Waals surface area contributed by atoms with Crippen molar-refractivity contribution in [1.82, 2.24) is 10.2 Å². The fourth-order valence-electron chi connectivity index (χ4n) is 2.66. The standard InChI is InChI=1S/C11H18N2O2/c1-2-13-6-3-4-11(5-7-13)8-9(14)12-10(11)15/h2-8H2,1H3,(H,12,14,15). The molecule has 0 aromatic heterocycles. The number of hydrogen-bond donors (Lipinski definition) is 1. The minimum absolute atomic E-state index is 0.0366. The fourth-order valence-corrected chi connectivity index (χ4v) is 2.66. The van der Waals surface area contributed by atoms with Gasteiger partial charge < -0.3 is 4.90 Å². The number of amides is 2. The molecule has 0 aromatic rings. The number of imide groups is 1. The average Bonchev–Trinajstić information content (AvgIpc) is 2.39. The van der Waals surface area contributed by atoms with Crippen LogP contribution in [0.25, 0.3) is 0 Å². The van der Waals surface area contributed by atoms with Crippen LogP contribution >= 0.6 is 0 Å². The van der Waals surface area contributed by atoms with E-state index in [0.717, 1.165) is 38.9 Å². The molecule has 84 valence electrons. The first-order chi connectivity index (χ1) is 7.16.